The lowest BCUT2D eigenvalue weighted by Crippen LogP contribution is -2.34. The molecule has 0 saturated carbocycles. The fourth-order valence-electron chi connectivity index (χ4n) is 3.66. The standard InChI is InChI=1S/C21H22FNO4/c1-27-18-10-9-15(11-17(18)22)20(21(25)26)23-19(24)12-14-7-4-6-13-5-2-3-8-16(13)14/h2-3,5,8-11,14,20H,4,6-7,12H2,1H3,(H,23,24)(H,25,26). The third kappa shape index (κ3) is 4.27. The zero-order valence-corrected chi connectivity index (χ0v) is 15.1. The summed E-state index contributed by atoms with van der Waals surface area (Å²) in [4.78, 5) is 24.1. The maximum atomic E-state index is 13.9. The van der Waals surface area contributed by atoms with E-state index in [1.54, 1.807) is 0 Å². The van der Waals surface area contributed by atoms with Crippen LogP contribution in [0.15, 0.2) is 42.5 Å². The van der Waals surface area contributed by atoms with Crippen molar-refractivity contribution in [3.63, 3.8) is 0 Å². The minimum absolute atomic E-state index is 0.0213. The molecule has 142 valence electrons. The second-order valence-electron chi connectivity index (χ2n) is 6.72. The number of aliphatic carboxylic acids is 1. The number of benzene rings is 2. The van der Waals surface area contributed by atoms with Crippen molar-refractivity contribution in [2.75, 3.05) is 7.11 Å². The van der Waals surface area contributed by atoms with Gasteiger partial charge in [0.15, 0.2) is 17.6 Å². The van der Waals surface area contributed by atoms with Crippen molar-refractivity contribution in [3.05, 3.63) is 65.0 Å². The molecule has 0 heterocycles. The number of nitrogens with one attached hydrogen (secondary N) is 1. The van der Waals surface area contributed by atoms with Crippen LogP contribution in [0.2, 0.25) is 0 Å². The van der Waals surface area contributed by atoms with Crippen molar-refractivity contribution in [2.45, 2.75) is 37.6 Å². The number of carboxylic acids is 1. The van der Waals surface area contributed by atoms with Gasteiger partial charge in [0, 0.05) is 6.42 Å². The zero-order valence-electron chi connectivity index (χ0n) is 15.1. The molecular formula is C21H22FNO4. The first kappa shape index (κ1) is 18.9. The lowest BCUT2D eigenvalue weighted by atomic mass is 9.81. The van der Waals surface area contributed by atoms with Crippen molar-refractivity contribution in [2.24, 2.45) is 0 Å². The van der Waals surface area contributed by atoms with Gasteiger partial charge in [0.05, 0.1) is 7.11 Å². The molecular weight excluding hydrogens is 349 g/mol. The lowest BCUT2D eigenvalue weighted by molar-refractivity contribution is -0.142. The molecule has 5 nitrogen and oxygen atoms in total. The van der Waals surface area contributed by atoms with E-state index in [1.165, 1.54) is 24.8 Å². The normalized spacial score (nSPS) is 16.9. The van der Waals surface area contributed by atoms with Gasteiger partial charge in [-0.1, -0.05) is 30.3 Å². The van der Waals surface area contributed by atoms with Gasteiger partial charge in [0.2, 0.25) is 5.91 Å². The summed E-state index contributed by atoms with van der Waals surface area (Å²) in [5, 5.41) is 12.0. The number of methoxy groups -OCH3 is 1. The summed E-state index contributed by atoms with van der Waals surface area (Å²) in [7, 11) is 1.33. The lowest BCUT2D eigenvalue weighted by Gasteiger charge is -2.25. The summed E-state index contributed by atoms with van der Waals surface area (Å²) in [5.74, 6) is -2.18. The highest BCUT2D eigenvalue weighted by Gasteiger charge is 2.27. The van der Waals surface area contributed by atoms with Gasteiger partial charge < -0.3 is 15.2 Å². The smallest absolute Gasteiger partial charge is 0.330 e. The van der Waals surface area contributed by atoms with Crippen molar-refractivity contribution in [1.29, 1.82) is 0 Å². The molecule has 0 radical (unpaired) electrons. The zero-order chi connectivity index (χ0) is 19.4. The molecule has 0 spiro atoms. The van der Waals surface area contributed by atoms with E-state index in [0.717, 1.165) is 30.9 Å². The number of carboxylic acid groups (broad SMARTS) is 1. The minimum atomic E-state index is -1.31. The first-order valence-corrected chi connectivity index (χ1v) is 8.93. The summed E-state index contributed by atoms with van der Waals surface area (Å²) in [5.41, 5.74) is 2.56. The van der Waals surface area contributed by atoms with Gasteiger partial charge in [0.1, 0.15) is 0 Å². The minimum Gasteiger partial charge on any atom is -0.494 e. The van der Waals surface area contributed by atoms with Gasteiger partial charge in [-0.3, -0.25) is 4.79 Å². The van der Waals surface area contributed by atoms with Crippen LogP contribution in [0.25, 0.3) is 0 Å². The Kier molecular flexibility index (Phi) is 5.74. The van der Waals surface area contributed by atoms with Gasteiger partial charge in [-0.25, -0.2) is 9.18 Å². The average Bonchev–Trinajstić information content (AvgIpc) is 2.66. The third-order valence-corrected chi connectivity index (χ3v) is 4.99. The molecule has 2 aromatic carbocycles. The number of carbonyl (C=O) groups excluding carboxylic acids is 1. The largest absolute Gasteiger partial charge is 0.494 e. The van der Waals surface area contributed by atoms with Gasteiger partial charge in [-0.2, -0.15) is 0 Å². The van der Waals surface area contributed by atoms with Crippen molar-refractivity contribution in [3.8, 4) is 5.75 Å². The number of rotatable bonds is 6. The SMILES string of the molecule is COc1ccc(C(NC(=O)CC2CCCc3ccccc32)C(=O)O)cc1F. The molecule has 6 heteroatoms. The maximum absolute atomic E-state index is 13.9. The van der Waals surface area contributed by atoms with Crippen molar-refractivity contribution in [1.82, 2.24) is 5.32 Å². The third-order valence-electron chi connectivity index (χ3n) is 4.99. The van der Waals surface area contributed by atoms with E-state index in [-0.39, 0.29) is 29.6 Å². The topological polar surface area (TPSA) is 75.6 Å². The van der Waals surface area contributed by atoms with Crippen LogP contribution in [0, 0.1) is 5.82 Å². The fourth-order valence-corrected chi connectivity index (χ4v) is 3.66. The number of halogens is 1. The van der Waals surface area contributed by atoms with Crippen LogP contribution in [0.3, 0.4) is 0 Å². The molecule has 2 N–H and O–H groups in total. The monoisotopic (exact) mass is 371 g/mol. The number of amides is 1. The highest BCUT2D eigenvalue weighted by Crippen LogP contribution is 2.34. The molecule has 1 aliphatic carbocycles. The second kappa shape index (κ2) is 8.20. The molecule has 1 amide bonds. The van der Waals surface area contributed by atoms with E-state index in [1.807, 2.05) is 18.2 Å². The molecule has 27 heavy (non-hydrogen) atoms. The maximum Gasteiger partial charge on any atom is 0.330 e. The fraction of sp³-hybridized carbons (Fsp3) is 0.333. The van der Waals surface area contributed by atoms with E-state index in [2.05, 4.69) is 11.4 Å². The summed E-state index contributed by atoms with van der Waals surface area (Å²) >= 11 is 0. The Balaban J connectivity index is 1.73. The van der Waals surface area contributed by atoms with Gasteiger partial charge in [-0.05, 0) is 54.0 Å². The molecule has 0 aliphatic heterocycles. The predicted molar refractivity (Wildman–Crippen MR) is 98.2 cm³/mol. The van der Waals surface area contributed by atoms with Gasteiger partial charge >= 0.3 is 5.97 Å². The summed E-state index contributed by atoms with van der Waals surface area (Å²) < 4.78 is 18.8. The Hall–Kier alpha value is -2.89. The number of aryl methyl sites for hydroxylation is 1. The highest BCUT2D eigenvalue weighted by molar-refractivity contribution is 5.85. The Morgan fingerprint density at radius 3 is 2.78 bits per heavy atom. The first-order valence-electron chi connectivity index (χ1n) is 8.93. The quantitative estimate of drug-likeness (QED) is 0.814. The Labute approximate surface area is 157 Å². The average molecular weight is 371 g/mol. The van der Waals surface area contributed by atoms with Crippen LogP contribution in [-0.2, 0) is 16.0 Å². The van der Waals surface area contributed by atoms with Crippen LogP contribution in [0.1, 0.15) is 47.9 Å². The van der Waals surface area contributed by atoms with Crippen LogP contribution in [0.4, 0.5) is 4.39 Å². The van der Waals surface area contributed by atoms with Gasteiger partial charge in [-0.15, -0.1) is 0 Å². The molecule has 0 saturated heterocycles. The Bertz CT molecular complexity index is 852. The number of carbonyl (C=O) groups is 2. The number of hydrogen-bond acceptors (Lipinski definition) is 3. The van der Waals surface area contributed by atoms with Crippen LogP contribution in [0.5, 0.6) is 5.75 Å². The number of ether oxygens (including phenoxy) is 1. The van der Waals surface area contributed by atoms with Crippen molar-refractivity contribution < 1.29 is 23.8 Å². The molecule has 2 aromatic rings. The molecule has 3 rings (SSSR count). The van der Waals surface area contributed by atoms with Crippen molar-refractivity contribution >= 4 is 11.9 Å². The molecule has 0 aromatic heterocycles. The van der Waals surface area contributed by atoms with E-state index in [9.17, 15) is 19.1 Å². The van der Waals surface area contributed by atoms with E-state index >= 15 is 0 Å². The molecule has 0 fully saturated rings. The van der Waals surface area contributed by atoms with Crippen LogP contribution >= 0.6 is 0 Å². The summed E-state index contributed by atoms with van der Waals surface area (Å²) in [6.45, 7) is 0. The predicted octanol–water partition coefficient (Wildman–Crippen LogP) is 3.59. The first-order chi connectivity index (χ1) is 13.0. The van der Waals surface area contributed by atoms with Gasteiger partial charge in [0.25, 0.3) is 0 Å². The number of hydrogen-bond donors (Lipinski definition) is 2. The Morgan fingerprint density at radius 1 is 1.30 bits per heavy atom. The molecule has 2 atom stereocenters. The number of fused-ring (bicyclic) bond motifs is 1. The highest BCUT2D eigenvalue weighted by atomic mass is 19.1. The molecule has 1 aliphatic rings. The summed E-state index contributed by atoms with van der Waals surface area (Å²) in [6.07, 6.45) is 3.09. The van der Waals surface area contributed by atoms with E-state index in [0.29, 0.717) is 0 Å². The van der Waals surface area contributed by atoms with Crippen LogP contribution < -0.4 is 10.1 Å². The molecule has 2 unspecified atom stereocenters. The summed E-state index contributed by atoms with van der Waals surface area (Å²) in [6, 6.07) is 10.6. The van der Waals surface area contributed by atoms with Crippen LogP contribution in [-0.4, -0.2) is 24.1 Å². The molecule has 0 bridgehead atoms. The van der Waals surface area contributed by atoms with E-state index < -0.39 is 17.8 Å². The Morgan fingerprint density at radius 2 is 2.07 bits per heavy atom. The second-order valence-corrected chi connectivity index (χ2v) is 6.72. The van der Waals surface area contributed by atoms with E-state index in [4.69, 9.17) is 4.74 Å².